The Morgan fingerprint density at radius 2 is 1.41 bits per heavy atom. The van der Waals surface area contributed by atoms with Crippen molar-refractivity contribution >= 4 is 11.8 Å². The van der Waals surface area contributed by atoms with Gasteiger partial charge in [-0.2, -0.15) is 5.21 Å². The van der Waals surface area contributed by atoms with Crippen LogP contribution in [-0.2, 0) is 5.41 Å². The first-order chi connectivity index (χ1) is 15.2. The highest BCUT2D eigenvalue weighted by atomic mass is 16.2. The van der Waals surface area contributed by atoms with Gasteiger partial charge in [0.1, 0.15) is 0 Å². The summed E-state index contributed by atoms with van der Waals surface area (Å²) in [5.41, 5.74) is 4.46. The van der Waals surface area contributed by atoms with Crippen LogP contribution in [0.5, 0.6) is 0 Å². The zero-order chi connectivity index (χ0) is 23.2. The van der Waals surface area contributed by atoms with Gasteiger partial charge in [-0.15, -0.1) is 10.2 Å². The molecule has 2 aromatic carbocycles. The van der Waals surface area contributed by atoms with Crippen LogP contribution in [0.15, 0.2) is 36.4 Å². The summed E-state index contributed by atoms with van der Waals surface area (Å²) >= 11 is 0. The highest BCUT2D eigenvalue weighted by Gasteiger charge is 2.48. The number of benzene rings is 2. The monoisotopic (exact) mass is 432 g/mol. The van der Waals surface area contributed by atoms with Crippen molar-refractivity contribution in [3.05, 3.63) is 64.5 Å². The Labute approximate surface area is 187 Å². The van der Waals surface area contributed by atoms with Crippen LogP contribution in [0, 0.1) is 5.92 Å². The lowest BCUT2D eigenvalue weighted by Crippen LogP contribution is -2.31. The van der Waals surface area contributed by atoms with E-state index in [1.165, 1.54) is 0 Å². The van der Waals surface area contributed by atoms with Crippen LogP contribution in [0.4, 0.5) is 0 Å². The lowest BCUT2D eigenvalue weighted by molar-refractivity contribution is 0.0820. The predicted octanol–water partition coefficient (Wildman–Crippen LogP) is 2.96. The van der Waals surface area contributed by atoms with E-state index in [2.05, 4.69) is 34.5 Å². The van der Waals surface area contributed by atoms with Crippen molar-refractivity contribution in [1.82, 2.24) is 30.4 Å². The van der Waals surface area contributed by atoms with Gasteiger partial charge in [0.05, 0.1) is 5.41 Å². The molecule has 0 aliphatic heterocycles. The number of fused-ring (bicyclic) bond motifs is 3. The third-order valence-corrected chi connectivity index (χ3v) is 6.00. The Balaban J connectivity index is 2.04. The number of aromatic amines is 1. The average molecular weight is 433 g/mol. The standard InChI is InChI=1S/C24H28N6O2/c1-14(2)13-24(23-25-27-28-26-23)19-9-7-15(21(31)29(3)4)11-17(19)18-12-16(8-10-20(18)24)22(32)30(5)6/h7-12,14H,13H2,1-6H3,(H,25,26,27,28). The van der Waals surface area contributed by atoms with Gasteiger partial charge in [-0.1, -0.05) is 31.2 Å². The molecule has 3 aromatic rings. The van der Waals surface area contributed by atoms with Crippen LogP contribution in [0.25, 0.3) is 11.1 Å². The van der Waals surface area contributed by atoms with Crippen LogP contribution in [0.1, 0.15) is 57.9 Å². The first-order valence-electron chi connectivity index (χ1n) is 10.6. The fourth-order valence-corrected chi connectivity index (χ4v) is 4.71. The smallest absolute Gasteiger partial charge is 0.253 e. The van der Waals surface area contributed by atoms with E-state index in [0.29, 0.717) is 22.9 Å². The van der Waals surface area contributed by atoms with Crippen molar-refractivity contribution in [2.45, 2.75) is 25.7 Å². The number of nitrogens with one attached hydrogen (secondary N) is 1. The van der Waals surface area contributed by atoms with E-state index in [1.807, 2.05) is 36.4 Å². The van der Waals surface area contributed by atoms with Crippen LogP contribution in [-0.4, -0.2) is 70.4 Å². The van der Waals surface area contributed by atoms with E-state index in [1.54, 1.807) is 38.0 Å². The molecule has 1 aliphatic rings. The number of hydrogen-bond acceptors (Lipinski definition) is 5. The van der Waals surface area contributed by atoms with E-state index in [-0.39, 0.29) is 11.8 Å². The van der Waals surface area contributed by atoms with Crippen molar-refractivity contribution in [1.29, 1.82) is 0 Å². The molecule has 0 bridgehead atoms. The minimum Gasteiger partial charge on any atom is -0.345 e. The van der Waals surface area contributed by atoms with Crippen molar-refractivity contribution in [2.75, 3.05) is 28.2 Å². The van der Waals surface area contributed by atoms with Gasteiger partial charge in [0.25, 0.3) is 11.8 Å². The SMILES string of the molecule is CC(C)CC1(c2nn[nH]n2)c2ccc(C(=O)N(C)C)cc2-c2cc(C(=O)N(C)C)ccc21. The van der Waals surface area contributed by atoms with Crippen LogP contribution in [0.2, 0.25) is 0 Å². The number of amides is 2. The van der Waals surface area contributed by atoms with Crippen LogP contribution < -0.4 is 0 Å². The maximum Gasteiger partial charge on any atom is 0.253 e. The highest BCUT2D eigenvalue weighted by molar-refractivity contribution is 5.99. The van der Waals surface area contributed by atoms with Gasteiger partial charge in [0.2, 0.25) is 0 Å². The van der Waals surface area contributed by atoms with Gasteiger partial charge in [0.15, 0.2) is 5.82 Å². The number of carbonyl (C=O) groups is 2. The quantitative estimate of drug-likeness (QED) is 0.669. The molecular formula is C24H28N6O2. The third kappa shape index (κ3) is 3.26. The number of aromatic nitrogens is 4. The van der Waals surface area contributed by atoms with Gasteiger partial charge < -0.3 is 9.80 Å². The molecule has 0 atom stereocenters. The molecule has 166 valence electrons. The second kappa shape index (κ2) is 7.85. The molecule has 2 amide bonds. The third-order valence-electron chi connectivity index (χ3n) is 6.00. The fourth-order valence-electron chi connectivity index (χ4n) is 4.71. The molecule has 32 heavy (non-hydrogen) atoms. The van der Waals surface area contributed by atoms with Crippen LogP contribution in [0.3, 0.4) is 0 Å². The summed E-state index contributed by atoms with van der Waals surface area (Å²) in [7, 11) is 6.94. The molecule has 1 heterocycles. The molecule has 8 nitrogen and oxygen atoms in total. The summed E-state index contributed by atoms with van der Waals surface area (Å²) in [4.78, 5) is 28.5. The molecule has 0 fully saturated rings. The van der Waals surface area contributed by atoms with Gasteiger partial charge in [-0.05, 0) is 58.9 Å². The Morgan fingerprint density at radius 3 is 1.78 bits per heavy atom. The predicted molar refractivity (Wildman–Crippen MR) is 121 cm³/mol. The van der Waals surface area contributed by atoms with Crippen LogP contribution >= 0.6 is 0 Å². The molecule has 0 saturated heterocycles. The zero-order valence-electron chi connectivity index (χ0n) is 19.3. The Morgan fingerprint density at radius 1 is 0.906 bits per heavy atom. The molecule has 8 heteroatoms. The maximum absolute atomic E-state index is 12.7. The van der Waals surface area contributed by atoms with Gasteiger partial charge >= 0.3 is 0 Å². The van der Waals surface area contributed by atoms with Gasteiger partial charge in [-0.3, -0.25) is 9.59 Å². The average Bonchev–Trinajstić information content (AvgIpc) is 3.38. The summed E-state index contributed by atoms with van der Waals surface area (Å²) in [6, 6.07) is 11.5. The minimum atomic E-state index is -0.620. The molecule has 0 spiro atoms. The largest absolute Gasteiger partial charge is 0.345 e. The number of carbonyl (C=O) groups excluding carboxylic acids is 2. The summed E-state index contributed by atoms with van der Waals surface area (Å²) in [6.45, 7) is 4.32. The number of tetrazole rings is 1. The van der Waals surface area contributed by atoms with Gasteiger partial charge in [0, 0.05) is 39.3 Å². The Kier molecular flexibility index (Phi) is 5.32. The van der Waals surface area contributed by atoms with Crippen molar-refractivity contribution in [3.8, 4) is 11.1 Å². The summed E-state index contributed by atoms with van der Waals surface area (Å²) in [5, 5.41) is 15.2. The van der Waals surface area contributed by atoms with Crippen molar-refractivity contribution in [2.24, 2.45) is 5.92 Å². The molecule has 0 radical (unpaired) electrons. The lowest BCUT2D eigenvalue weighted by Gasteiger charge is -2.30. The molecule has 0 unspecified atom stereocenters. The molecule has 4 rings (SSSR count). The second-order valence-corrected chi connectivity index (χ2v) is 9.16. The van der Waals surface area contributed by atoms with Crippen molar-refractivity contribution < 1.29 is 9.59 Å². The number of hydrogen-bond donors (Lipinski definition) is 1. The Hall–Kier alpha value is -3.55. The minimum absolute atomic E-state index is 0.0733. The molecule has 1 N–H and O–H groups in total. The number of nitrogens with zero attached hydrogens (tertiary/aromatic N) is 5. The first kappa shape index (κ1) is 21.7. The lowest BCUT2D eigenvalue weighted by atomic mass is 9.71. The van der Waals surface area contributed by atoms with E-state index in [4.69, 9.17) is 0 Å². The van der Waals surface area contributed by atoms with Gasteiger partial charge in [-0.25, -0.2) is 0 Å². The second-order valence-electron chi connectivity index (χ2n) is 9.16. The van der Waals surface area contributed by atoms with Crippen molar-refractivity contribution in [3.63, 3.8) is 0 Å². The highest BCUT2D eigenvalue weighted by Crippen LogP contribution is 2.54. The zero-order valence-corrected chi connectivity index (χ0v) is 19.3. The van der Waals surface area contributed by atoms with E-state index >= 15 is 0 Å². The molecular weight excluding hydrogens is 404 g/mol. The Bertz CT molecular complexity index is 1110. The van der Waals surface area contributed by atoms with E-state index in [0.717, 1.165) is 28.7 Å². The molecule has 0 saturated carbocycles. The summed E-state index contributed by atoms with van der Waals surface area (Å²) in [5.74, 6) is 0.773. The number of rotatable bonds is 5. The normalized spacial score (nSPS) is 13.6. The topological polar surface area (TPSA) is 95.1 Å². The maximum atomic E-state index is 12.7. The van der Waals surface area contributed by atoms with E-state index in [9.17, 15) is 9.59 Å². The summed E-state index contributed by atoms with van der Waals surface area (Å²) < 4.78 is 0. The van der Waals surface area contributed by atoms with E-state index < -0.39 is 5.41 Å². The summed E-state index contributed by atoms with van der Waals surface area (Å²) in [6.07, 6.45) is 0.758. The molecule has 1 aromatic heterocycles. The fraction of sp³-hybridized carbons (Fsp3) is 0.375. The number of H-pyrrole nitrogens is 1. The molecule has 1 aliphatic carbocycles. The first-order valence-corrected chi connectivity index (χ1v) is 10.6.